The minimum absolute atomic E-state index is 0.140. The minimum Gasteiger partial charge on any atom is -0.382 e. The maximum absolute atomic E-state index is 5.86. The maximum atomic E-state index is 5.86. The number of H-pyrrole nitrogens is 1. The highest BCUT2D eigenvalue weighted by molar-refractivity contribution is 5.97. The number of amidine groups is 2. The number of hydrogen-bond donors (Lipinski definition) is 3. The van der Waals surface area contributed by atoms with Gasteiger partial charge in [0.1, 0.15) is 11.4 Å². The Morgan fingerprint density at radius 1 is 0.870 bits per heavy atom. The van der Waals surface area contributed by atoms with Crippen LogP contribution < -0.4 is 11.5 Å². The number of nitrogens with one attached hydrogen (secondary N) is 1. The van der Waals surface area contributed by atoms with Crippen LogP contribution in [-0.2, 0) is 0 Å². The number of rotatable bonds is 4. The first-order chi connectivity index (χ1) is 11.2. The molecule has 9 heteroatoms. The predicted molar refractivity (Wildman–Crippen MR) is 85.6 cm³/mol. The van der Waals surface area contributed by atoms with Gasteiger partial charge in [0.2, 0.25) is 5.95 Å². The van der Waals surface area contributed by atoms with E-state index in [1.165, 1.54) is 0 Å². The third-order valence-corrected chi connectivity index (χ3v) is 2.76. The van der Waals surface area contributed by atoms with Crippen molar-refractivity contribution in [2.24, 2.45) is 21.5 Å². The molecule has 3 aromatic heterocycles. The zero-order chi connectivity index (χ0) is 16.1. The molecule has 0 aromatic carbocycles. The van der Waals surface area contributed by atoms with E-state index in [1.54, 1.807) is 36.7 Å². The molecule has 0 radical (unpaired) electrons. The molecule has 3 rings (SSSR count). The van der Waals surface area contributed by atoms with Crippen molar-refractivity contribution >= 4 is 23.6 Å². The summed E-state index contributed by atoms with van der Waals surface area (Å²) in [5.41, 5.74) is 12.8. The van der Waals surface area contributed by atoms with E-state index in [1.807, 2.05) is 12.1 Å². The number of aromatic amines is 1. The van der Waals surface area contributed by atoms with Crippen molar-refractivity contribution in [3.05, 3.63) is 60.2 Å². The molecule has 114 valence electrons. The van der Waals surface area contributed by atoms with E-state index in [0.29, 0.717) is 11.4 Å². The Balaban J connectivity index is 1.81. The number of nitrogens with two attached hydrogens (primary N) is 2. The van der Waals surface area contributed by atoms with Crippen molar-refractivity contribution in [3.63, 3.8) is 0 Å². The highest BCUT2D eigenvalue weighted by Gasteiger charge is 2.06. The lowest BCUT2D eigenvalue weighted by Crippen LogP contribution is -2.14. The van der Waals surface area contributed by atoms with Crippen LogP contribution in [0.2, 0.25) is 0 Å². The summed E-state index contributed by atoms with van der Waals surface area (Å²) in [4.78, 5) is 20.5. The predicted octanol–water partition coefficient (Wildman–Crippen LogP) is 0.669. The van der Waals surface area contributed by atoms with E-state index in [4.69, 9.17) is 11.5 Å². The number of hydrogen-bond acceptors (Lipinski definition) is 6. The van der Waals surface area contributed by atoms with Crippen LogP contribution in [0.4, 0.5) is 11.9 Å². The molecule has 3 heterocycles. The first kappa shape index (κ1) is 14.3. The summed E-state index contributed by atoms with van der Waals surface area (Å²) in [6.07, 6.45) is 3.25. The Morgan fingerprint density at radius 3 is 2.04 bits per heavy atom. The first-order valence-corrected chi connectivity index (χ1v) is 6.66. The second kappa shape index (κ2) is 6.43. The molecule has 0 saturated heterocycles. The van der Waals surface area contributed by atoms with Crippen molar-refractivity contribution in [2.75, 3.05) is 0 Å². The summed E-state index contributed by atoms with van der Waals surface area (Å²) in [6.45, 7) is 0. The average molecular weight is 307 g/mol. The summed E-state index contributed by atoms with van der Waals surface area (Å²) in [6, 6.07) is 10.7. The number of aliphatic imine (C=N–C) groups is 2. The Morgan fingerprint density at radius 2 is 1.48 bits per heavy atom. The first-order valence-electron chi connectivity index (χ1n) is 6.66. The van der Waals surface area contributed by atoms with Gasteiger partial charge in [-0.15, -0.1) is 5.10 Å². The molecule has 0 amide bonds. The number of nitrogens with zero attached hydrogens (tertiary/aromatic N) is 6. The molecular weight excluding hydrogens is 294 g/mol. The lowest BCUT2D eigenvalue weighted by Gasteiger charge is -1.97. The highest BCUT2D eigenvalue weighted by atomic mass is 15.3. The minimum atomic E-state index is 0.140. The monoisotopic (exact) mass is 307 g/mol. The maximum Gasteiger partial charge on any atom is 0.271 e. The highest BCUT2D eigenvalue weighted by Crippen LogP contribution is 2.11. The van der Waals surface area contributed by atoms with Gasteiger partial charge in [0.15, 0.2) is 11.7 Å². The quantitative estimate of drug-likeness (QED) is 0.477. The van der Waals surface area contributed by atoms with Crippen molar-refractivity contribution < 1.29 is 0 Å². The molecular formula is C14H13N9. The van der Waals surface area contributed by atoms with Crippen LogP contribution in [0.15, 0.2) is 58.8 Å². The average Bonchev–Trinajstić information content (AvgIpc) is 3.03. The lowest BCUT2D eigenvalue weighted by molar-refractivity contribution is 1.07. The Labute approximate surface area is 131 Å². The topological polar surface area (TPSA) is 144 Å². The van der Waals surface area contributed by atoms with E-state index < -0.39 is 0 Å². The van der Waals surface area contributed by atoms with Crippen molar-refractivity contribution in [1.29, 1.82) is 0 Å². The summed E-state index contributed by atoms with van der Waals surface area (Å²) >= 11 is 0. The third kappa shape index (κ3) is 3.53. The fourth-order valence-corrected chi connectivity index (χ4v) is 1.71. The van der Waals surface area contributed by atoms with Gasteiger partial charge in [-0.1, -0.05) is 12.1 Å². The largest absolute Gasteiger partial charge is 0.382 e. The smallest absolute Gasteiger partial charge is 0.271 e. The molecule has 0 saturated carbocycles. The molecule has 0 atom stereocenters. The number of pyridine rings is 2. The zero-order valence-corrected chi connectivity index (χ0v) is 12.0. The standard InChI is InChI=1S/C14H13N9/c15-11(9-5-1-3-7-17-9)19-13-21-14(23-22-13)20-12(16)10-6-2-4-8-18-10/h1-8H,(H5,15,16,19,20,21,22,23). The third-order valence-electron chi connectivity index (χ3n) is 2.76. The van der Waals surface area contributed by atoms with Gasteiger partial charge in [0, 0.05) is 12.4 Å². The summed E-state index contributed by atoms with van der Waals surface area (Å²) in [7, 11) is 0. The van der Waals surface area contributed by atoms with E-state index in [2.05, 4.69) is 35.1 Å². The molecule has 9 nitrogen and oxygen atoms in total. The molecule has 0 unspecified atom stereocenters. The van der Waals surface area contributed by atoms with Crippen LogP contribution in [-0.4, -0.2) is 36.8 Å². The van der Waals surface area contributed by atoms with E-state index in [0.717, 1.165) is 0 Å². The van der Waals surface area contributed by atoms with Gasteiger partial charge in [-0.25, -0.2) is 5.10 Å². The van der Waals surface area contributed by atoms with E-state index >= 15 is 0 Å². The molecule has 0 aliphatic heterocycles. The normalized spacial score (nSPS) is 12.3. The van der Waals surface area contributed by atoms with Gasteiger partial charge in [-0.3, -0.25) is 9.97 Å². The number of aromatic nitrogens is 5. The van der Waals surface area contributed by atoms with Crippen LogP contribution in [0.3, 0.4) is 0 Å². The fraction of sp³-hybridized carbons (Fsp3) is 0. The summed E-state index contributed by atoms with van der Waals surface area (Å²) < 4.78 is 0. The lowest BCUT2D eigenvalue weighted by atomic mass is 10.3. The van der Waals surface area contributed by atoms with Gasteiger partial charge in [-0.2, -0.15) is 15.0 Å². The van der Waals surface area contributed by atoms with Crippen LogP contribution >= 0.6 is 0 Å². The Kier molecular flexibility index (Phi) is 4.01. The molecule has 0 aliphatic rings. The molecule has 23 heavy (non-hydrogen) atoms. The van der Waals surface area contributed by atoms with E-state index in [9.17, 15) is 0 Å². The van der Waals surface area contributed by atoms with Crippen LogP contribution in [0.1, 0.15) is 11.4 Å². The van der Waals surface area contributed by atoms with Gasteiger partial charge >= 0.3 is 0 Å². The molecule has 3 aromatic rings. The molecule has 0 bridgehead atoms. The molecule has 5 N–H and O–H groups in total. The summed E-state index contributed by atoms with van der Waals surface area (Å²) in [5.74, 6) is 0.772. The summed E-state index contributed by atoms with van der Waals surface area (Å²) in [5, 5.41) is 6.54. The second-order valence-corrected chi connectivity index (χ2v) is 4.38. The van der Waals surface area contributed by atoms with Gasteiger partial charge in [-0.05, 0) is 24.3 Å². The van der Waals surface area contributed by atoms with Crippen LogP contribution in [0.25, 0.3) is 0 Å². The van der Waals surface area contributed by atoms with Crippen LogP contribution in [0, 0.1) is 0 Å². The van der Waals surface area contributed by atoms with Gasteiger partial charge in [0.05, 0.1) is 0 Å². The fourth-order valence-electron chi connectivity index (χ4n) is 1.71. The van der Waals surface area contributed by atoms with Gasteiger partial charge < -0.3 is 11.5 Å². The van der Waals surface area contributed by atoms with Gasteiger partial charge in [0.25, 0.3) is 5.95 Å². The molecule has 0 fully saturated rings. The van der Waals surface area contributed by atoms with E-state index in [-0.39, 0.29) is 23.6 Å². The molecule has 0 aliphatic carbocycles. The SMILES string of the molecule is N/C(=N\c1nc(/N=C(/N)c2ccccn2)n[nH]1)c1ccccn1. The Hall–Kier alpha value is -3.62. The van der Waals surface area contributed by atoms with Crippen molar-refractivity contribution in [3.8, 4) is 0 Å². The Bertz CT molecular complexity index is 767. The molecule has 0 spiro atoms. The van der Waals surface area contributed by atoms with Crippen molar-refractivity contribution in [1.82, 2.24) is 25.1 Å². The van der Waals surface area contributed by atoms with Crippen molar-refractivity contribution in [2.45, 2.75) is 0 Å². The van der Waals surface area contributed by atoms with Crippen LogP contribution in [0.5, 0.6) is 0 Å². The zero-order valence-electron chi connectivity index (χ0n) is 12.0. The second-order valence-electron chi connectivity index (χ2n) is 4.38.